The van der Waals surface area contributed by atoms with Crippen LogP contribution in [0.25, 0.3) is 6.08 Å². The van der Waals surface area contributed by atoms with Gasteiger partial charge in [-0.25, -0.2) is 14.7 Å². The van der Waals surface area contributed by atoms with E-state index in [-0.39, 0.29) is 17.3 Å². The Bertz CT molecular complexity index is 1280. The summed E-state index contributed by atoms with van der Waals surface area (Å²) < 4.78 is 11.0. The highest BCUT2D eigenvalue weighted by atomic mass is 35.5. The van der Waals surface area contributed by atoms with Crippen molar-refractivity contribution in [2.45, 2.75) is 0 Å². The molecule has 2 heterocycles. The first-order chi connectivity index (χ1) is 15.9. The van der Waals surface area contributed by atoms with Gasteiger partial charge in [0.15, 0.2) is 11.5 Å². The zero-order chi connectivity index (χ0) is 23.5. The third kappa shape index (κ3) is 4.60. The molecule has 4 rings (SSSR count). The molecule has 0 unspecified atom stereocenters. The van der Waals surface area contributed by atoms with E-state index < -0.39 is 16.9 Å². The lowest BCUT2D eigenvalue weighted by Crippen LogP contribution is -2.30. The predicted molar refractivity (Wildman–Crippen MR) is 119 cm³/mol. The molecule has 1 saturated heterocycles. The van der Waals surface area contributed by atoms with Crippen molar-refractivity contribution in [3.63, 3.8) is 0 Å². The van der Waals surface area contributed by atoms with Crippen molar-refractivity contribution in [3.05, 3.63) is 87.2 Å². The molecule has 0 bridgehead atoms. The van der Waals surface area contributed by atoms with Gasteiger partial charge in [0, 0.05) is 17.2 Å². The van der Waals surface area contributed by atoms with Crippen LogP contribution in [0.15, 0.2) is 66.5 Å². The maximum atomic E-state index is 12.8. The number of carbonyl (C=O) groups excluding carboxylic acids is 2. The third-order valence-electron chi connectivity index (χ3n) is 4.61. The number of hydrogen-bond donors (Lipinski definition) is 1. The van der Waals surface area contributed by atoms with Gasteiger partial charge in [-0.15, -0.1) is 0 Å². The summed E-state index contributed by atoms with van der Waals surface area (Å²) in [5.41, 5.74) is 0.884. The Morgan fingerprint density at radius 3 is 2.48 bits per heavy atom. The summed E-state index contributed by atoms with van der Waals surface area (Å²) in [6.45, 7) is 0. The molecule has 0 spiro atoms. The van der Waals surface area contributed by atoms with Crippen LogP contribution in [-0.4, -0.2) is 29.0 Å². The minimum atomic E-state index is -0.579. The quantitative estimate of drug-likeness (QED) is 0.245. The number of imide groups is 1. The summed E-state index contributed by atoms with van der Waals surface area (Å²) >= 11 is 5.87. The number of rotatable bonds is 6. The Kier molecular flexibility index (Phi) is 5.92. The average molecular weight is 467 g/mol. The molecule has 3 amide bonds. The molecule has 10 nitrogen and oxygen atoms in total. The van der Waals surface area contributed by atoms with Gasteiger partial charge in [0.1, 0.15) is 11.9 Å². The summed E-state index contributed by atoms with van der Waals surface area (Å²) in [7, 11) is 1.44. The van der Waals surface area contributed by atoms with Gasteiger partial charge in [0.05, 0.1) is 17.7 Å². The molecule has 0 atom stereocenters. The first kappa shape index (κ1) is 21.8. The normalized spacial score (nSPS) is 14.4. The van der Waals surface area contributed by atoms with Crippen LogP contribution in [0.1, 0.15) is 5.56 Å². The van der Waals surface area contributed by atoms with Crippen LogP contribution in [0, 0.1) is 10.1 Å². The number of pyridine rings is 1. The van der Waals surface area contributed by atoms with Crippen molar-refractivity contribution in [2.75, 3.05) is 12.0 Å². The first-order valence-corrected chi connectivity index (χ1v) is 9.82. The monoisotopic (exact) mass is 466 g/mol. The topological polar surface area (TPSA) is 124 Å². The molecule has 1 aliphatic heterocycles. The molecule has 1 aliphatic rings. The van der Waals surface area contributed by atoms with Gasteiger partial charge in [0.25, 0.3) is 11.6 Å². The fraction of sp³-hybridized carbons (Fsp3) is 0.0455. The van der Waals surface area contributed by atoms with Crippen LogP contribution in [0.3, 0.4) is 0 Å². The Balaban J connectivity index is 1.56. The van der Waals surface area contributed by atoms with E-state index in [0.717, 1.165) is 11.1 Å². The molecule has 33 heavy (non-hydrogen) atoms. The third-order valence-corrected chi connectivity index (χ3v) is 4.86. The van der Waals surface area contributed by atoms with E-state index >= 15 is 0 Å². The lowest BCUT2D eigenvalue weighted by Gasteiger charge is -2.11. The fourth-order valence-electron chi connectivity index (χ4n) is 3.04. The van der Waals surface area contributed by atoms with E-state index in [9.17, 15) is 19.7 Å². The number of nitrogens with one attached hydrogen (secondary N) is 1. The number of urea groups is 1. The molecule has 0 saturated carbocycles. The zero-order valence-corrected chi connectivity index (χ0v) is 17.8. The SMILES string of the molecule is COc1cc(/C=C2/NC(=O)N(c3ccc(Cl)cc3)C2=O)ccc1Oc1ccc([N+](=O)[O-])cn1. The number of benzene rings is 2. The Labute approximate surface area is 192 Å². The molecule has 0 aliphatic carbocycles. The Morgan fingerprint density at radius 1 is 1.09 bits per heavy atom. The van der Waals surface area contributed by atoms with Gasteiger partial charge in [-0.05, 0) is 48.0 Å². The van der Waals surface area contributed by atoms with Crippen LogP contribution in [0.5, 0.6) is 17.4 Å². The van der Waals surface area contributed by atoms with E-state index in [4.69, 9.17) is 21.1 Å². The number of nitrogens with zero attached hydrogens (tertiary/aromatic N) is 3. The highest BCUT2D eigenvalue weighted by Gasteiger charge is 2.34. The van der Waals surface area contributed by atoms with Crippen molar-refractivity contribution in [1.29, 1.82) is 0 Å². The van der Waals surface area contributed by atoms with Gasteiger partial charge in [-0.1, -0.05) is 17.7 Å². The summed E-state index contributed by atoms with van der Waals surface area (Å²) in [4.78, 5) is 40.2. The molecule has 0 radical (unpaired) electrons. The summed E-state index contributed by atoms with van der Waals surface area (Å²) in [6.07, 6.45) is 2.59. The van der Waals surface area contributed by atoms with Crippen molar-refractivity contribution < 1.29 is 24.0 Å². The second-order valence-electron chi connectivity index (χ2n) is 6.73. The van der Waals surface area contributed by atoms with Crippen LogP contribution >= 0.6 is 11.6 Å². The van der Waals surface area contributed by atoms with Crippen molar-refractivity contribution in [3.8, 4) is 17.4 Å². The van der Waals surface area contributed by atoms with Crippen LogP contribution in [0.4, 0.5) is 16.2 Å². The number of anilines is 1. The minimum Gasteiger partial charge on any atom is -0.493 e. The van der Waals surface area contributed by atoms with Crippen molar-refractivity contribution in [1.82, 2.24) is 10.3 Å². The predicted octanol–water partition coefficient (Wildman–Crippen LogP) is 4.54. The average Bonchev–Trinajstić information content (AvgIpc) is 3.08. The molecular weight excluding hydrogens is 452 g/mol. The Hall–Kier alpha value is -4.44. The van der Waals surface area contributed by atoms with Crippen LogP contribution in [0.2, 0.25) is 5.02 Å². The molecule has 11 heteroatoms. The van der Waals surface area contributed by atoms with E-state index in [2.05, 4.69) is 10.3 Å². The van der Waals surface area contributed by atoms with Gasteiger partial charge >= 0.3 is 6.03 Å². The molecule has 1 fully saturated rings. The van der Waals surface area contributed by atoms with Crippen molar-refractivity contribution >= 4 is 41.0 Å². The molecule has 1 N–H and O–H groups in total. The van der Waals surface area contributed by atoms with E-state index in [1.165, 1.54) is 25.3 Å². The summed E-state index contributed by atoms with van der Waals surface area (Å²) in [6, 6.07) is 13.2. The second-order valence-corrected chi connectivity index (χ2v) is 7.17. The summed E-state index contributed by atoms with van der Waals surface area (Å²) in [5, 5.41) is 13.8. The lowest BCUT2D eigenvalue weighted by molar-refractivity contribution is -0.385. The number of methoxy groups -OCH3 is 1. The highest BCUT2D eigenvalue weighted by molar-refractivity contribution is 6.31. The van der Waals surface area contributed by atoms with Crippen LogP contribution < -0.4 is 19.7 Å². The number of ether oxygens (including phenoxy) is 2. The molecular formula is C22H15ClN4O6. The largest absolute Gasteiger partial charge is 0.493 e. The van der Waals surface area contributed by atoms with E-state index in [1.54, 1.807) is 42.5 Å². The van der Waals surface area contributed by atoms with E-state index in [0.29, 0.717) is 27.8 Å². The molecule has 166 valence electrons. The maximum absolute atomic E-state index is 12.8. The minimum absolute atomic E-state index is 0.0858. The number of nitro groups is 1. The molecule has 3 aromatic rings. The van der Waals surface area contributed by atoms with Crippen LogP contribution in [-0.2, 0) is 4.79 Å². The second kappa shape index (κ2) is 8.97. The lowest BCUT2D eigenvalue weighted by atomic mass is 10.1. The van der Waals surface area contributed by atoms with Crippen molar-refractivity contribution in [2.24, 2.45) is 0 Å². The maximum Gasteiger partial charge on any atom is 0.333 e. The van der Waals surface area contributed by atoms with Gasteiger partial charge < -0.3 is 14.8 Å². The number of hydrogen-bond acceptors (Lipinski definition) is 7. The number of aromatic nitrogens is 1. The smallest absolute Gasteiger partial charge is 0.333 e. The number of carbonyl (C=O) groups is 2. The van der Waals surface area contributed by atoms with Gasteiger partial charge in [-0.2, -0.15) is 0 Å². The van der Waals surface area contributed by atoms with E-state index in [1.807, 2.05) is 0 Å². The van der Waals surface area contributed by atoms with Gasteiger partial charge in [0.2, 0.25) is 5.88 Å². The Morgan fingerprint density at radius 2 is 1.85 bits per heavy atom. The zero-order valence-electron chi connectivity index (χ0n) is 17.0. The summed E-state index contributed by atoms with van der Waals surface area (Å²) in [5.74, 6) is 0.264. The number of halogens is 1. The molecule has 1 aromatic heterocycles. The van der Waals surface area contributed by atoms with Gasteiger partial charge in [-0.3, -0.25) is 14.9 Å². The standard InChI is InChI=1S/C22H15ClN4O6/c1-32-19-11-13(2-8-18(19)33-20-9-7-16(12-24-20)27(30)31)10-17-21(28)26(22(29)25-17)15-5-3-14(23)4-6-15/h2-12H,1H3,(H,25,29)/b17-10+. The number of amides is 3. The first-order valence-electron chi connectivity index (χ1n) is 9.45. The highest BCUT2D eigenvalue weighted by Crippen LogP contribution is 2.33. The molecule has 2 aromatic carbocycles. The fourth-order valence-corrected chi connectivity index (χ4v) is 3.16.